The van der Waals surface area contributed by atoms with Gasteiger partial charge in [0.2, 0.25) is 0 Å². The number of rotatable bonds is 11. The first-order valence-corrected chi connectivity index (χ1v) is 5.74. The van der Waals surface area contributed by atoms with E-state index in [4.69, 9.17) is 5.73 Å². The Balaban J connectivity index is 2.78. The molecule has 0 radical (unpaired) electrons. The summed E-state index contributed by atoms with van der Waals surface area (Å²) in [5.74, 6) is 0. The highest BCUT2D eigenvalue weighted by Crippen LogP contribution is 1.69. The molecule has 0 atom stereocenters. The maximum atomic E-state index is 5.37. The fourth-order valence-corrected chi connectivity index (χ4v) is 1.13. The Labute approximate surface area is 88.0 Å². The smallest absolute Gasteiger partial charge is 0.00772 e. The molecule has 4 heteroatoms. The van der Waals surface area contributed by atoms with Crippen molar-refractivity contribution < 1.29 is 0 Å². The first-order valence-electron chi connectivity index (χ1n) is 5.74. The molecule has 0 spiro atoms. The van der Waals surface area contributed by atoms with Crippen LogP contribution in [0.2, 0.25) is 0 Å². The fourth-order valence-electron chi connectivity index (χ4n) is 1.13. The van der Waals surface area contributed by atoms with Crippen molar-refractivity contribution >= 4 is 0 Å². The Morgan fingerprint density at radius 2 is 1.29 bits per heavy atom. The first-order chi connectivity index (χ1) is 6.91. The molecule has 0 aliphatic heterocycles. The monoisotopic (exact) mass is 202 g/mol. The SMILES string of the molecule is CCCNCCNCCNCCCN. The molecule has 14 heavy (non-hydrogen) atoms. The standard InChI is InChI=1S/C10H26N4/c1-2-5-12-7-9-14-10-8-13-6-3-4-11/h12-14H,2-11H2,1H3. The molecule has 0 amide bonds. The molecule has 4 nitrogen and oxygen atoms in total. The molecule has 0 saturated heterocycles. The lowest BCUT2D eigenvalue weighted by Crippen LogP contribution is -2.33. The van der Waals surface area contributed by atoms with Crippen LogP contribution in [0.3, 0.4) is 0 Å². The number of nitrogens with one attached hydrogen (secondary N) is 3. The molecule has 0 aromatic carbocycles. The van der Waals surface area contributed by atoms with Gasteiger partial charge in [0.25, 0.3) is 0 Å². The van der Waals surface area contributed by atoms with Gasteiger partial charge in [-0.1, -0.05) is 6.92 Å². The van der Waals surface area contributed by atoms with Crippen LogP contribution in [0.5, 0.6) is 0 Å². The van der Waals surface area contributed by atoms with Crippen LogP contribution < -0.4 is 21.7 Å². The molecule has 0 aliphatic carbocycles. The molecular weight excluding hydrogens is 176 g/mol. The van der Waals surface area contributed by atoms with Gasteiger partial charge in [-0.2, -0.15) is 0 Å². The zero-order chi connectivity index (χ0) is 10.5. The Morgan fingerprint density at radius 3 is 1.79 bits per heavy atom. The molecule has 86 valence electrons. The number of nitrogens with two attached hydrogens (primary N) is 1. The van der Waals surface area contributed by atoms with Crippen molar-refractivity contribution in [1.82, 2.24) is 16.0 Å². The highest BCUT2D eigenvalue weighted by molar-refractivity contribution is 4.54. The Kier molecular flexibility index (Phi) is 12.7. The van der Waals surface area contributed by atoms with Crippen LogP contribution in [-0.4, -0.2) is 45.8 Å². The van der Waals surface area contributed by atoms with Crippen LogP contribution in [0.25, 0.3) is 0 Å². The maximum absolute atomic E-state index is 5.37. The predicted octanol–water partition coefficient (Wildman–Crippen LogP) is -0.486. The highest BCUT2D eigenvalue weighted by atomic mass is 15.0. The second-order valence-electron chi connectivity index (χ2n) is 3.39. The molecule has 5 N–H and O–H groups in total. The second-order valence-corrected chi connectivity index (χ2v) is 3.39. The van der Waals surface area contributed by atoms with Gasteiger partial charge in [0, 0.05) is 26.2 Å². The summed E-state index contributed by atoms with van der Waals surface area (Å²) >= 11 is 0. The van der Waals surface area contributed by atoms with Crippen LogP contribution in [0, 0.1) is 0 Å². The van der Waals surface area contributed by atoms with Crippen LogP contribution in [-0.2, 0) is 0 Å². The lowest BCUT2D eigenvalue weighted by Gasteiger charge is -2.06. The lowest BCUT2D eigenvalue weighted by molar-refractivity contribution is 0.574. The molecular formula is C10H26N4. The van der Waals surface area contributed by atoms with Crippen molar-refractivity contribution in [3.05, 3.63) is 0 Å². The topological polar surface area (TPSA) is 62.1 Å². The summed E-state index contributed by atoms with van der Waals surface area (Å²) in [6, 6.07) is 0. The number of hydrogen-bond donors (Lipinski definition) is 4. The van der Waals surface area contributed by atoms with Crippen LogP contribution in [0.1, 0.15) is 19.8 Å². The van der Waals surface area contributed by atoms with Crippen molar-refractivity contribution in [2.75, 3.05) is 45.8 Å². The first kappa shape index (κ1) is 13.8. The summed E-state index contributed by atoms with van der Waals surface area (Å²) < 4.78 is 0. The van der Waals surface area contributed by atoms with E-state index in [2.05, 4.69) is 22.9 Å². The largest absolute Gasteiger partial charge is 0.330 e. The summed E-state index contributed by atoms with van der Waals surface area (Å²) in [6.07, 6.45) is 2.28. The van der Waals surface area contributed by atoms with Crippen molar-refractivity contribution in [2.45, 2.75) is 19.8 Å². The zero-order valence-corrected chi connectivity index (χ0v) is 9.44. The van der Waals surface area contributed by atoms with E-state index in [0.29, 0.717) is 0 Å². The average Bonchev–Trinajstić information content (AvgIpc) is 2.21. The normalized spacial score (nSPS) is 10.7. The van der Waals surface area contributed by atoms with Gasteiger partial charge in [-0.3, -0.25) is 0 Å². The Morgan fingerprint density at radius 1 is 0.786 bits per heavy atom. The molecule has 0 fully saturated rings. The average molecular weight is 202 g/mol. The molecule has 0 aromatic heterocycles. The van der Waals surface area contributed by atoms with Crippen LogP contribution in [0.4, 0.5) is 0 Å². The summed E-state index contributed by atoms with van der Waals surface area (Å²) in [7, 11) is 0. The van der Waals surface area contributed by atoms with E-state index in [1.54, 1.807) is 0 Å². The van der Waals surface area contributed by atoms with Crippen molar-refractivity contribution in [2.24, 2.45) is 5.73 Å². The van der Waals surface area contributed by atoms with Gasteiger partial charge in [-0.15, -0.1) is 0 Å². The van der Waals surface area contributed by atoms with E-state index in [1.807, 2.05) is 0 Å². The summed E-state index contributed by atoms with van der Waals surface area (Å²) in [5, 5.41) is 10.0. The fraction of sp³-hybridized carbons (Fsp3) is 1.00. The molecule has 0 unspecified atom stereocenters. The molecule has 0 saturated carbocycles. The van der Waals surface area contributed by atoms with Gasteiger partial charge in [-0.25, -0.2) is 0 Å². The molecule has 0 heterocycles. The minimum absolute atomic E-state index is 0.779. The Hall–Kier alpha value is -0.160. The van der Waals surface area contributed by atoms with Gasteiger partial charge in [0.05, 0.1) is 0 Å². The third kappa shape index (κ3) is 11.8. The summed E-state index contributed by atoms with van der Waals surface area (Å²) in [6.45, 7) is 9.31. The van der Waals surface area contributed by atoms with E-state index in [0.717, 1.165) is 52.2 Å². The van der Waals surface area contributed by atoms with Gasteiger partial charge >= 0.3 is 0 Å². The van der Waals surface area contributed by atoms with Crippen molar-refractivity contribution in [3.8, 4) is 0 Å². The van der Waals surface area contributed by atoms with E-state index < -0.39 is 0 Å². The van der Waals surface area contributed by atoms with E-state index in [9.17, 15) is 0 Å². The second kappa shape index (κ2) is 12.8. The van der Waals surface area contributed by atoms with Gasteiger partial charge < -0.3 is 21.7 Å². The van der Waals surface area contributed by atoms with Crippen molar-refractivity contribution in [1.29, 1.82) is 0 Å². The third-order valence-electron chi connectivity index (χ3n) is 1.94. The van der Waals surface area contributed by atoms with Gasteiger partial charge in [0.15, 0.2) is 0 Å². The van der Waals surface area contributed by atoms with Gasteiger partial charge in [-0.05, 0) is 32.5 Å². The van der Waals surface area contributed by atoms with Crippen molar-refractivity contribution in [3.63, 3.8) is 0 Å². The predicted molar refractivity (Wildman–Crippen MR) is 62.6 cm³/mol. The molecule has 0 aromatic rings. The maximum Gasteiger partial charge on any atom is 0.00772 e. The van der Waals surface area contributed by atoms with Gasteiger partial charge in [0.1, 0.15) is 0 Å². The molecule has 0 aliphatic rings. The summed E-state index contributed by atoms with van der Waals surface area (Å²) in [4.78, 5) is 0. The quantitative estimate of drug-likeness (QED) is 0.342. The third-order valence-corrected chi connectivity index (χ3v) is 1.94. The van der Waals surface area contributed by atoms with Crippen LogP contribution >= 0.6 is 0 Å². The van der Waals surface area contributed by atoms with Crippen LogP contribution in [0.15, 0.2) is 0 Å². The van der Waals surface area contributed by atoms with E-state index in [1.165, 1.54) is 6.42 Å². The number of hydrogen-bond acceptors (Lipinski definition) is 4. The van der Waals surface area contributed by atoms with E-state index >= 15 is 0 Å². The zero-order valence-electron chi connectivity index (χ0n) is 9.44. The minimum Gasteiger partial charge on any atom is -0.330 e. The minimum atomic E-state index is 0.779. The lowest BCUT2D eigenvalue weighted by atomic mass is 10.4. The van der Waals surface area contributed by atoms with E-state index in [-0.39, 0.29) is 0 Å². The Bertz CT molecular complexity index is 86.1. The highest BCUT2D eigenvalue weighted by Gasteiger charge is 1.88. The molecule has 0 rings (SSSR count). The molecule has 0 bridgehead atoms. The summed E-state index contributed by atoms with van der Waals surface area (Å²) in [5.41, 5.74) is 5.37.